The van der Waals surface area contributed by atoms with Crippen LogP contribution in [0.5, 0.6) is 5.75 Å². The fraction of sp³-hybridized carbons (Fsp3) is 0.409. The molecule has 0 aromatic heterocycles. The zero-order valence-corrected chi connectivity index (χ0v) is 17.4. The van der Waals surface area contributed by atoms with Gasteiger partial charge in [-0.2, -0.15) is 4.31 Å². The highest BCUT2D eigenvalue weighted by Gasteiger charge is 2.30. The van der Waals surface area contributed by atoms with E-state index < -0.39 is 10.0 Å². The quantitative estimate of drug-likeness (QED) is 0.814. The molecule has 0 aliphatic carbocycles. The van der Waals surface area contributed by atoms with Crippen molar-refractivity contribution < 1.29 is 17.9 Å². The zero-order valence-electron chi connectivity index (χ0n) is 16.6. The van der Waals surface area contributed by atoms with Gasteiger partial charge in [-0.3, -0.25) is 4.79 Å². The average Bonchev–Trinajstić information content (AvgIpc) is 2.73. The van der Waals surface area contributed by atoms with Gasteiger partial charge in [-0.25, -0.2) is 8.42 Å². The molecule has 154 valence electrons. The molecule has 0 spiro atoms. The van der Waals surface area contributed by atoms with Crippen molar-refractivity contribution in [3.05, 3.63) is 53.6 Å². The number of piperidine rings is 1. The number of anilines is 1. The van der Waals surface area contributed by atoms with E-state index in [-0.39, 0.29) is 17.4 Å². The molecule has 1 fully saturated rings. The highest BCUT2D eigenvalue weighted by molar-refractivity contribution is 7.89. The van der Waals surface area contributed by atoms with Crippen LogP contribution in [0.2, 0.25) is 0 Å². The number of rotatable bonds is 5. The van der Waals surface area contributed by atoms with Gasteiger partial charge < -0.3 is 10.1 Å². The number of hydrogen-bond donors (Lipinski definition) is 1. The number of carbonyl (C=O) groups excluding carboxylic acids is 1. The summed E-state index contributed by atoms with van der Waals surface area (Å²) in [6.07, 6.45) is 3.85. The van der Waals surface area contributed by atoms with Crippen molar-refractivity contribution in [2.45, 2.75) is 37.5 Å². The molecule has 29 heavy (non-hydrogen) atoms. The molecule has 7 heteroatoms. The lowest BCUT2D eigenvalue weighted by Gasteiger charge is -2.31. The molecule has 0 atom stereocenters. The number of hydrogen-bond acceptors (Lipinski definition) is 4. The number of ether oxygens (including phenoxy) is 1. The first kappa shape index (κ1) is 19.9. The predicted molar refractivity (Wildman–Crippen MR) is 112 cm³/mol. The lowest BCUT2D eigenvalue weighted by molar-refractivity contribution is -0.118. The SMILES string of the molecule is Cc1ccc(CCC2CCN(S(=O)(=O)c3ccc4c(c3)NC(=O)CO4)CC2)cc1. The van der Waals surface area contributed by atoms with E-state index in [4.69, 9.17) is 4.74 Å². The molecular weight excluding hydrogens is 388 g/mol. The van der Waals surface area contributed by atoms with Gasteiger partial charge in [-0.05, 0) is 62.3 Å². The van der Waals surface area contributed by atoms with E-state index in [1.54, 1.807) is 16.4 Å². The Morgan fingerprint density at radius 2 is 1.83 bits per heavy atom. The second-order valence-corrected chi connectivity index (χ2v) is 9.80. The van der Waals surface area contributed by atoms with Crippen molar-refractivity contribution in [1.82, 2.24) is 4.31 Å². The summed E-state index contributed by atoms with van der Waals surface area (Å²) in [4.78, 5) is 11.7. The molecule has 1 saturated heterocycles. The van der Waals surface area contributed by atoms with Crippen molar-refractivity contribution in [2.75, 3.05) is 25.0 Å². The molecule has 2 aliphatic heterocycles. The second-order valence-electron chi connectivity index (χ2n) is 7.87. The van der Waals surface area contributed by atoms with Crippen molar-refractivity contribution in [3.63, 3.8) is 0 Å². The minimum atomic E-state index is -3.58. The van der Waals surface area contributed by atoms with Gasteiger partial charge >= 0.3 is 0 Å². The lowest BCUT2D eigenvalue weighted by Crippen LogP contribution is -2.38. The number of fused-ring (bicyclic) bond motifs is 1. The van der Waals surface area contributed by atoms with E-state index in [0.29, 0.717) is 30.4 Å². The van der Waals surface area contributed by atoms with E-state index in [1.165, 1.54) is 17.2 Å². The molecule has 0 saturated carbocycles. The standard InChI is InChI=1S/C22H26N2O4S/c1-16-2-4-17(5-3-16)6-7-18-10-12-24(13-11-18)29(26,27)19-8-9-21-20(14-19)23-22(25)15-28-21/h2-5,8-9,14,18H,6-7,10-13,15H2,1H3,(H,23,25). The smallest absolute Gasteiger partial charge is 0.262 e. The molecule has 1 amide bonds. The Morgan fingerprint density at radius 1 is 1.10 bits per heavy atom. The van der Waals surface area contributed by atoms with Crippen molar-refractivity contribution in [1.29, 1.82) is 0 Å². The van der Waals surface area contributed by atoms with E-state index in [1.807, 2.05) is 0 Å². The summed E-state index contributed by atoms with van der Waals surface area (Å²) in [7, 11) is -3.58. The van der Waals surface area contributed by atoms with Crippen LogP contribution in [-0.4, -0.2) is 38.3 Å². The van der Waals surface area contributed by atoms with Gasteiger partial charge in [-0.15, -0.1) is 0 Å². The van der Waals surface area contributed by atoms with Crippen LogP contribution in [0.3, 0.4) is 0 Å². The first-order valence-corrected chi connectivity index (χ1v) is 11.5. The molecule has 0 unspecified atom stereocenters. The van der Waals surface area contributed by atoms with Gasteiger partial charge in [0.2, 0.25) is 10.0 Å². The van der Waals surface area contributed by atoms with Crippen LogP contribution in [0.25, 0.3) is 0 Å². The first-order chi connectivity index (χ1) is 13.9. The van der Waals surface area contributed by atoms with Crippen LogP contribution in [0, 0.1) is 12.8 Å². The summed E-state index contributed by atoms with van der Waals surface area (Å²) < 4.78 is 33.0. The van der Waals surface area contributed by atoms with Crippen LogP contribution in [0.15, 0.2) is 47.4 Å². The maximum Gasteiger partial charge on any atom is 0.262 e. The Labute approximate surface area is 171 Å². The van der Waals surface area contributed by atoms with Gasteiger partial charge in [0.05, 0.1) is 10.6 Å². The summed E-state index contributed by atoms with van der Waals surface area (Å²) in [5, 5.41) is 2.67. The van der Waals surface area contributed by atoms with E-state index in [2.05, 4.69) is 36.5 Å². The summed E-state index contributed by atoms with van der Waals surface area (Å²) >= 11 is 0. The largest absolute Gasteiger partial charge is 0.482 e. The fourth-order valence-corrected chi connectivity index (χ4v) is 5.43. The third-order valence-electron chi connectivity index (χ3n) is 5.76. The van der Waals surface area contributed by atoms with Crippen molar-refractivity contribution in [3.8, 4) is 5.75 Å². The molecule has 1 N–H and O–H groups in total. The molecule has 4 rings (SSSR count). The summed E-state index contributed by atoms with van der Waals surface area (Å²) in [5.74, 6) is 0.763. The Hall–Kier alpha value is -2.38. The topological polar surface area (TPSA) is 75.7 Å². The molecule has 2 aromatic carbocycles. The van der Waals surface area contributed by atoms with Gasteiger partial charge in [0, 0.05) is 13.1 Å². The molecule has 0 radical (unpaired) electrons. The molecule has 2 aromatic rings. The van der Waals surface area contributed by atoms with Crippen LogP contribution >= 0.6 is 0 Å². The van der Waals surface area contributed by atoms with Crippen LogP contribution in [0.1, 0.15) is 30.4 Å². The van der Waals surface area contributed by atoms with Gasteiger partial charge in [0.25, 0.3) is 5.91 Å². The summed E-state index contributed by atoms with van der Waals surface area (Å²) in [6, 6.07) is 13.3. The Bertz CT molecular complexity index is 994. The third-order valence-corrected chi connectivity index (χ3v) is 7.65. The predicted octanol–water partition coefficient (Wildman–Crippen LogP) is 3.36. The van der Waals surface area contributed by atoms with Gasteiger partial charge in [0.15, 0.2) is 6.61 Å². The van der Waals surface area contributed by atoms with Crippen molar-refractivity contribution >= 4 is 21.6 Å². The Morgan fingerprint density at radius 3 is 2.55 bits per heavy atom. The number of amides is 1. The summed E-state index contributed by atoms with van der Waals surface area (Å²) in [5.41, 5.74) is 3.01. The van der Waals surface area contributed by atoms with Crippen molar-refractivity contribution in [2.24, 2.45) is 5.92 Å². The second kappa shape index (κ2) is 8.16. The Balaban J connectivity index is 1.37. The molecule has 2 heterocycles. The highest BCUT2D eigenvalue weighted by Crippen LogP contribution is 2.32. The minimum Gasteiger partial charge on any atom is -0.482 e. The molecule has 6 nitrogen and oxygen atoms in total. The van der Waals surface area contributed by atoms with E-state index in [0.717, 1.165) is 25.7 Å². The Kier molecular flexibility index (Phi) is 5.61. The normalized spacial score (nSPS) is 18.0. The number of nitrogens with one attached hydrogen (secondary N) is 1. The first-order valence-electron chi connectivity index (χ1n) is 10.0. The van der Waals surface area contributed by atoms with Gasteiger partial charge in [0.1, 0.15) is 5.75 Å². The maximum atomic E-state index is 13.0. The molecule has 0 bridgehead atoms. The number of nitrogens with zero attached hydrogens (tertiary/aromatic N) is 1. The van der Waals surface area contributed by atoms with E-state index in [9.17, 15) is 13.2 Å². The maximum absolute atomic E-state index is 13.0. The average molecular weight is 415 g/mol. The van der Waals surface area contributed by atoms with Crippen LogP contribution < -0.4 is 10.1 Å². The van der Waals surface area contributed by atoms with E-state index >= 15 is 0 Å². The summed E-state index contributed by atoms with van der Waals surface area (Å²) in [6.45, 7) is 3.10. The number of carbonyl (C=O) groups is 1. The third kappa shape index (κ3) is 4.46. The lowest BCUT2D eigenvalue weighted by atomic mass is 9.91. The monoisotopic (exact) mass is 414 g/mol. The van der Waals surface area contributed by atoms with Crippen LogP contribution in [0.4, 0.5) is 5.69 Å². The number of benzene rings is 2. The number of aryl methyl sites for hydroxylation is 2. The van der Waals surface area contributed by atoms with Gasteiger partial charge in [-0.1, -0.05) is 29.8 Å². The minimum absolute atomic E-state index is 0.0464. The van der Waals surface area contributed by atoms with Crippen LogP contribution in [-0.2, 0) is 21.2 Å². The molecular formula is C22H26N2O4S. The fourth-order valence-electron chi connectivity index (χ4n) is 3.94. The zero-order chi connectivity index (χ0) is 20.4. The highest BCUT2D eigenvalue weighted by atomic mass is 32.2. The number of sulfonamides is 1. The molecule has 2 aliphatic rings.